The van der Waals surface area contributed by atoms with E-state index >= 15 is 0 Å². The molecule has 0 saturated carbocycles. The summed E-state index contributed by atoms with van der Waals surface area (Å²) in [5, 5.41) is 2.46. The van der Waals surface area contributed by atoms with Crippen molar-refractivity contribution in [3.05, 3.63) is 60.2 Å². The number of primary amides is 1. The van der Waals surface area contributed by atoms with Crippen LogP contribution in [0.4, 0.5) is 16.2 Å². The second-order valence-electron chi connectivity index (χ2n) is 5.98. The Morgan fingerprint density at radius 1 is 0.960 bits per heavy atom. The largest absolute Gasteiger partial charge is 0.364 e. The molecular weight excluding hydrogens is 316 g/mol. The monoisotopic (exact) mass is 338 g/mol. The topological polar surface area (TPSA) is 78.7 Å². The average Bonchev–Trinajstić information content (AvgIpc) is 2.62. The highest BCUT2D eigenvalue weighted by molar-refractivity contribution is 5.98. The SMILES string of the molecule is NC(=O)NCCC(=O)N1CCN(Cc2ccccc2)c2ccccc21. The zero-order valence-corrected chi connectivity index (χ0v) is 14.0. The second-order valence-corrected chi connectivity index (χ2v) is 5.98. The molecule has 0 bridgehead atoms. The zero-order valence-electron chi connectivity index (χ0n) is 14.0. The molecule has 0 atom stereocenters. The van der Waals surface area contributed by atoms with E-state index in [0.717, 1.165) is 24.5 Å². The third-order valence-electron chi connectivity index (χ3n) is 4.26. The number of nitrogens with zero attached hydrogens (tertiary/aromatic N) is 2. The highest BCUT2D eigenvalue weighted by atomic mass is 16.2. The highest BCUT2D eigenvalue weighted by Crippen LogP contribution is 2.34. The molecule has 1 aliphatic heterocycles. The predicted molar refractivity (Wildman–Crippen MR) is 98.5 cm³/mol. The van der Waals surface area contributed by atoms with Gasteiger partial charge in [-0.05, 0) is 17.7 Å². The van der Waals surface area contributed by atoms with E-state index in [2.05, 4.69) is 22.3 Å². The summed E-state index contributed by atoms with van der Waals surface area (Å²) in [6.07, 6.45) is 0.232. The van der Waals surface area contributed by atoms with Crippen molar-refractivity contribution in [3.8, 4) is 0 Å². The number of hydrogen-bond donors (Lipinski definition) is 2. The van der Waals surface area contributed by atoms with Gasteiger partial charge in [0.1, 0.15) is 0 Å². The maximum atomic E-state index is 12.5. The van der Waals surface area contributed by atoms with E-state index in [1.807, 2.05) is 42.5 Å². The fourth-order valence-corrected chi connectivity index (χ4v) is 3.08. The lowest BCUT2D eigenvalue weighted by atomic mass is 10.1. The summed E-state index contributed by atoms with van der Waals surface area (Å²) in [6.45, 7) is 2.45. The zero-order chi connectivity index (χ0) is 17.6. The summed E-state index contributed by atoms with van der Waals surface area (Å²) in [5.41, 5.74) is 8.24. The molecule has 0 spiro atoms. The van der Waals surface area contributed by atoms with Crippen molar-refractivity contribution in [1.82, 2.24) is 5.32 Å². The van der Waals surface area contributed by atoms with E-state index in [4.69, 9.17) is 5.73 Å². The number of amides is 3. The molecule has 3 rings (SSSR count). The lowest BCUT2D eigenvalue weighted by Gasteiger charge is -2.38. The first-order chi connectivity index (χ1) is 12.1. The standard InChI is InChI=1S/C19H22N4O2/c20-19(25)21-11-10-18(24)23-13-12-22(14-15-6-2-1-3-7-15)16-8-4-5-9-17(16)23/h1-9H,10-14H2,(H3,20,21,25). The fraction of sp³-hybridized carbons (Fsp3) is 0.263. The number of rotatable bonds is 5. The maximum absolute atomic E-state index is 12.5. The Hall–Kier alpha value is -3.02. The molecule has 0 fully saturated rings. The number of urea groups is 1. The van der Waals surface area contributed by atoms with Gasteiger partial charge in [-0.2, -0.15) is 0 Å². The van der Waals surface area contributed by atoms with Crippen LogP contribution in [0.5, 0.6) is 0 Å². The van der Waals surface area contributed by atoms with Gasteiger partial charge in [0.05, 0.1) is 11.4 Å². The van der Waals surface area contributed by atoms with Crippen molar-refractivity contribution in [2.45, 2.75) is 13.0 Å². The van der Waals surface area contributed by atoms with Crippen molar-refractivity contribution in [2.24, 2.45) is 5.73 Å². The average molecular weight is 338 g/mol. The minimum Gasteiger partial charge on any atom is -0.364 e. The summed E-state index contributed by atoms with van der Waals surface area (Å²) in [5.74, 6) is -0.0134. The lowest BCUT2D eigenvalue weighted by molar-refractivity contribution is -0.118. The van der Waals surface area contributed by atoms with Gasteiger partial charge >= 0.3 is 6.03 Å². The van der Waals surface area contributed by atoms with Crippen LogP contribution in [0, 0.1) is 0 Å². The van der Waals surface area contributed by atoms with Crippen LogP contribution in [0.15, 0.2) is 54.6 Å². The molecule has 0 aliphatic carbocycles. The first-order valence-electron chi connectivity index (χ1n) is 8.37. The minimum atomic E-state index is -0.610. The highest BCUT2D eigenvalue weighted by Gasteiger charge is 2.26. The second kappa shape index (κ2) is 7.70. The molecule has 1 heterocycles. The van der Waals surface area contributed by atoms with E-state index in [1.165, 1.54) is 5.56 Å². The molecule has 0 aromatic heterocycles. The van der Waals surface area contributed by atoms with Crippen LogP contribution >= 0.6 is 0 Å². The number of hydrogen-bond acceptors (Lipinski definition) is 3. The third kappa shape index (κ3) is 4.09. The Morgan fingerprint density at radius 2 is 1.64 bits per heavy atom. The van der Waals surface area contributed by atoms with Gasteiger partial charge in [-0.15, -0.1) is 0 Å². The van der Waals surface area contributed by atoms with Gasteiger partial charge in [0.15, 0.2) is 0 Å². The van der Waals surface area contributed by atoms with Crippen LogP contribution < -0.4 is 20.9 Å². The third-order valence-corrected chi connectivity index (χ3v) is 4.26. The smallest absolute Gasteiger partial charge is 0.312 e. The predicted octanol–water partition coefficient (Wildman–Crippen LogP) is 2.10. The molecule has 0 radical (unpaired) electrons. The number of nitrogens with one attached hydrogen (secondary N) is 1. The van der Waals surface area contributed by atoms with Gasteiger partial charge in [0.2, 0.25) is 5.91 Å². The van der Waals surface area contributed by atoms with Crippen molar-refractivity contribution in [1.29, 1.82) is 0 Å². The fourth-order valence-electron chi connectivity index (χ4n) is 3.08. The summed E-state index contributed by atoms with van der Waals surface area (Å²) < 4.78 is 0. The first kappa shape index (κ1) is 16.8. The molecule has 2 aromatic rings. The summed E-state index contributed by atoms with van der Waals surface area (Å²) in [4.78, 5) is 27.4. The number of carbonyl (C=O) groups is 2. The van der Waals surface area contributed by atoms with Gasteiger partial charge in [0, 0.05) is 32.6 Å². The Kier molecular flexibility index (Phi) is 5.18. The number of nitrogens with two attached hydrogens (primary N) is 1. The minimum absolute atomic E-state index is 0.0134. The summed E-state index contributed by atoms with van der Waals surface area (Å²) >= 11 is 0. The Balaban J connectivity index is 1.74. The molecule has 0 unspecified atom stereocenters. The van der Waals surface area contributed by atoms with Crippen molar-refractivity contribution >= 4 is 23.3 Å². The number of anilines is 2. The number of para-hydroxylation sites is 2. The van der Waals surface area contributed by atoms with E-state index < -0.39 is 6.03 Å². The van der Waals surface area contributed by atoms with Gasteiger partial charge in [-0.25, -0.2) is 4.79 Å². The van der Waals surface area contributed by atoms with Crippen LogP contribution in [0.1, 0.15) is 12.0 Å². The van der Waals surface area contributed by atoms with Crippen LogP contribution in [-0.2, 0) is 11.3 Å². The molecule has 25 heavy (non-hydrogen) atoms. The molecule has 6 heteroatoms. The molecule has 6 nitrogen and oxygen atoms in total. The van der Waals surface area contributed by atoms with E-state index in [1.54, 1.807) is 4.90 Å². The molecular formula is C19H22N4O2. The Bertz CT molecular complexity index is 748. The summed E-state index contributed by atoms with van der Waals surface area (Å²) in [7, 11) is 0. The van der Waals surface area contributed by atoms with E-state index in [0.29, 0.717) is 6.54 Å². The maximum Gasteiger partial charge on any atom is 0.312 e. The number of benzene rings is 2. The molecule has 1 aliphatic rings. The van der Waals surface area contributed by atoms with Crippen molar-refractivity contribution in [3.63, 3.8) is 0 Å². The van der Waals surface area contributed by atoms with Crippen LogP contribution in [0.2, 0.25) is 0 Å². The van der Waals surface area contributed by atoms with Gasteiger partial charge < -0.3 is 20.9 Å². The quantitative estimate of drug-likeness (QED) is 0.876. The summed E-state index contributed by atoms with van der Waals surface area (Å²) in [6, 6.07) is 17.6. The van der Waals surface area contributed by atoms with Crippen LogP contribution in [-0.4, -0.2) is 31.6 Å². The molecule has 2 aromatic carbocycles. The number of carbonyl (C=O) groups excluding carboxylic acids is 2. The van der Waals surface area contributed by atoms with Crippen LogP contribution in [0.3, 0.4) is 0 Å². The van der Waals surface area contributed by atoms with Crippen molar-refractivity contribution in [2.75, 3.05) is 29.4 Å². The first-order valence-corrected chi connectivity index (χ1v) is 8.37. The Morgan fingerprint density at radius 3 is 2.36 bits per heavy atom. The van der Waals surface area contributed by atoms with Gasteiger partial charge in [0.25, 0.3) is 0 Å². The lowest BCUT2D eigenvalue weighted by Crippen LogP contribution is -2.44. The molecule has 130 valence electrons. The van der Waals surface area contributed by atoms with Crippen molar-refractivity contribution < 1.29 is 9.59 Å². The Labute approximate surface area is 147 Å². The van der Waals surface area contributed by atoms with Gasteiger partial charge in [-0.3, -0.25) is 4.79 Å². The van der Waals surface area contributed by atoms with Gasteiger partial charge in [-0.1, -0.05) is 42.5 Å². The number of fused-ring (bicyclic) bond motifs is 1. The normalized spacial score (nSPS) is 13.3. The van der Waals surface area contributed by atoms with E-state index in [-0.39, 0.29) is 18.9 Å². The van der Waals surface area contributed by atoms with E-state index in [9.17, 15) is 9.59 Å². The molecule has 3 N–H and O–H groups in total. The van der Waals surface area contributed by atoms with Crippen LogP contribution in [0.25, 0.3) is 0 Å². The molecule has 3 amide bonds. The molecule has 0 saturated heterocycles.